The molecule has 7 nitrogen and oxygen atoms in total. The van der Waals surface area contributed by atoms with Crippen molar-refractivity contribution in [1.82, 2.24) is 20.1 Å². The molecule has 2 amide bonds. The second kappa shape index (κ2) is 6.45. The topological polar surface area (TPSA) is 88.9 Å². The molecule has 9 heteroatoms. The van der Waals surface area contributed by atoms with E-state index >= 15 is 0 Å². The maximum absolute atomic E-state index is 13.8. The summed E-state index contributed by atoms with van der Waals surface area (Å²) in [5.41, 5.74) is 0.312. The van der Waals surface area contributed by atoms with Crippen molar-refractivity contribution in [2.24, 2.45) is 0 Å². The lowest BCUT2D eigenvalue weighted by Gasteiger charge is -2.23. The Morgan fingerprint density at radius 3 is 3.04 bits per heavy atom. The summed E-state index contributed by atoms with van der Waals surface area (Å²) in [4.78, 5) is 16.3. The molecule has 23 heavy (non-hydrogen) atoms. The zero-order valence-electron chi connectivity index (χ0n) is 12.5. The van der Waals surface area contributed by atoms with Gasteiger partial charge >= 0.3 is 6.03 Å². The average Bonchev–Trinajstić information content (AvgIpc) is 2.94. The number of aryl methyl sites for hydroxylation is 1. The first-order valence-corrected chi connectivity index (χ1v) is 8.66. The lowest BCUT2D eigenvalue weighted by Crippen LogP contribution is -2.43. The van der Waals surface area contributed by atoms with Crippen LogP contribution in [0.2, 0.25) is 0 Å². The van der Waals surface area contributed by atoms with Gasteiger partial charge < -0.3 is 10.6 Å². The first kappa shape index (κ1) is 15.6. The van der Waals surface area contributed by atoms with Crippen LogP contribution in [0, 0.1) is 5.82 Å². The Kier molecular flexibility index (Phi) is 4.37. The summed E-state index contributed by atoms with van der Waals surface area (Å²) >= 11 is 0. The molecule has 122 valence electrons. The highest BCUT2D eigenvalue weighted by atomic mass is 32.2. The second-order valence-corrected chi connectivity index (χ2v) is 6.64. The largest absolute Gasteiger partial charge is 0.333 e. The fourth-order valence-corrected chi connectivity index (χ4v) is 3.11. The zero-order valence-corrected chi connectivity index (χ0v) is 13.3. The van der Waals surface area contributed by atoms with E-state index in [4.69, 9.17) is 0 Å². The van der Waals surface area contributed by atoms with Crippen LogP contribution >= 0.6 is 0 Å². The minimum absolute atomic E-state index is 0.0588. The van der Waals surface area contributed by atoms with Gasteiger partial charge in [0.2, 0.25) is 0 Å². The number of hydrogen-bond donors (Lipinski definition) is 2. The third-order valence-electron chi connectivity index (χ3n) is 3.64. The lowest BCUT2D eigenvalue weighted by atomic mass is 10.1. The molecule has 2 unspecified atom stereocenters. The number of nitrogens with one attached hydrogen (secondary N) is 2. The first-order chi connectivity index (χ1) is 11.0. The molecular weight excluding hydrogens is 321 g/mol. The van der Waals surface area contributed by atoms with Crippen LogP contribution in [0.4, 0.5) is 14.9 Å². The average molecular weight is 337 g/mol. The van der Waals surface area contributed by atoms with Gasteiger partial charge in [0.05, 0.1) is 28.3 Å². The van der Waals surface area contributed by atoms with E-state index < -0.39 is 22.6 Å². The summed E-state index contributed by atoms with van der Waals surface area (Å²) in [7, 11) is -1.40. The molecule has 1 aromatic carbocycles. The predicted molar refractivity (Wildman–Crippen MR) is 83.0 cm³/mol. The Morgan fingerprint density at radius 1 is 1.48 bits per heavy atom. The Morgan fingerprint density at radius 2 is 2.30 bits per heavy atom. The van der Waals surface area contributed by atoms with E-state index in [1.165, 1.54) is 24.7 Å². The predicted octanol–water partition coefficient (Wildman–Crippen LogP) is 1.29. The number of fused-ring (bicyclic) bond motifs is 1. The quantitative estimate of drug-likeness (QED) is 0.883. The first-order valence-electron chi connectivity index (χ1n) is 7.10. The number of carbonyl (C=O) groups excluding carboxylic acids is 1. The summed E-state index contributed by atoms with van der Waals surface area (Å²) in [5, 5.41) is 9.50. The molecule has 0 saturated carbocycles. The summed E-state index contributed by atoms with van der Waals surface area (Å²) in [6, 6.07) is 3.62. The summed E-state index contributed by atoms with van der Waals surface area (Å²) in [6.07, 6.45) is 4.42. The molecule has 1 aliphatic rings. The van der Waals surface area contributed by atoms with Gasteiger partial charge in [-0.15, -0.1) is 0 Å². The molecule has 2 N–H and O–H groups in total. The summed E-state index contributed by atoms with van der Waals surface area (Å²) in [6.45, 7) is 0.560. The van der Waals surface area contributed by atoms with E-state index in [0.717, 1.165) is 24.7 Å². The summed E-state index contributed by atoms with van der Waals surface area (Å²) < 4.78 is 26.8. The number of urea groups is 1. The number of amides is 2. The van der Waals surface area contributed by atoms with Crippen LogP contribution in [-0.2, 0) is 23.8 Å². The second-order valence-electron chi connectivity index (χ2n) is 5.29. The SMILES string of the molecule is CS(=O)c1ccc(NC(=O)NC2CCc3ncnn3C2)cc1F. The third kappa shape index (κ3) is 3.55. The molecule has 0 radical (unpaired) electrons. The fourth-order valence-electron chi connectivity index (χ4n) is 2.52. The molecule has 0 aliphatic carbocycles. The van der Waals surface area contributed by atoms with Crippen molar-refractivity contribution < 1.29 is 13.4 Å². The molecule has 0 bridgehead atoms. The van der Waals surface area contributed by atoms with Crippen LogP contribution in [0.1, 0.15) is 12.2 Å². The van der Waals surface area contributed by atoms with Gasteiger partial charge in [-0.05, 0) is 24.6 Å². The molecule has 1 aromatic heterocycles. The number of nitrogens with zero attached hydrogens (tertiary/aromatic N) is 3. The normalized spacial score (nSPS) is 18.1. The number of anilines is 1. The van der Waals surface area contributed by atoms with Gasteiger partial charge in [0.1, 0.15) is 18.0 Å². The van der Waals surface area contributed by atoms with Gasteiger partial charge in [0, 0.05) is 18.4 Å². The van der Waals surface area contributed by atoms with Gasteiger partial charge in [-0.3, -0.25) is 4.21 Å². The van der Waals surface area contributed by atoms with E-state index in [2.05, 4.69) is 20.7 Å². The highest BCUT2D eigenvalue weighted by Gasteiger charge is 2.21. The van der Waals surface area contributed by atoms with Gasteiger partial charge in [0.15, 0.2) is 0 Å². The Hall–Kier alpha value is -2.29. The van der Waals surface area contributed by atoms with Gasteiger partial charge in [0.25, 0.3) is 0 Å². The minimum atomic E-state index is -1.40. The molecule has 0 spiro atoms. The van der Waals surface area contributed by atoms with Crippen LogP contribution < -0.4 is 10.6 Å². The summed E-state index contributed by atoms with van der Waals surface area (Å²) in [5.74, 6) is 0.308. The maximum atomic E-state index is 13.8. The van der Waals surface area contributed by atoms with Crippen LogP contribution in [0.25, 0.3) is 0 Å². The highest BCUT2D eigenvalue weighted by Crippen LogP contribution is 2.17. The highest BCUT2D eigenvalue weighted by molar-refractivity contribution is 7.84. The Bertz CT molecular complexity index is 763. The van der Waals surface area contributed by atoms with E-state index in [-0.39, 0.29) is 10.9 Å². The van der Waals surface area contributed by atoms with Crippen molar-refractivity contribution in [3.05, 3.63) is 36.2 Å². The third-order valence-corrected chi connectivity index (χ3v) is 4.59. The monoisotopic (exact) mass is 337 g/mol. The van der Waals surface area contributed by atoms with E-state index in [1.807, 2.05) is 0 Å². The van der Waals surface area contributed by atoms with Crippen molar-refractivity contribution in [2.75, 3.05) is 11.6 Å². The number of halogens is 1. The van der Waals surface area contributed by atoms with Crippen molar-refractivity contribution in [1.29, 1.82) is 0 Å². The molecule has 2 atom stereocenters. The number of benzene rings is 1. The number of carbonyl (C=O) groups is 1. The minimum Gasteiger partial charge on any atom is -0.333 e. The Labute approximate surface area is 134 Å². The van der Waals surface area contributed by atoms with E-state index in [1.54, 1.807) is 4.68 Å². The van der Waals surface area contributed by atoms with Gasteiger partial charge in [-0.2, -0.15) is 5.10 Å². The molecule has 1 aliphatic heterocycles. The molecule has 0 saturated heterocycles. The van der Waals surface area contributed by atoms with Crippen molar-refractivity contribution in [3.8, 4) is 0 Å². The van der Waals surface area contributed by atoms with Crippen LogP contribution in [-0.4, -0.2) is 37.3 Å². The number of aromatic nitrogens is 3. The van der Waals surface area contributed by atoms with Crippen LogP contribution in [0.3, 0.4) is 0 Å². The van der Waals surface area contributed by atoms with Crippen molar-refractivity contribution in [2.45, 2.75) is 30.3 Å². The van der Waals surface area contributed by atoms with Gasteiger partial charge in [-0.25, -0.2) is 18.9 Å². The molecule has 0 fully saturated rings. The molecule has 2 aromatic rings. The van der Waals surface area contributed by atoms with Crippen molar-refractivity contribution >= 4 is 22.5 Å². The number of hydrogen-bond acceptors (Lipinski definition) is 4. The zero-order chi connectivity index (χ0) is 16.4. The number of rotatable bonds is 3. The van der Waals surface area contributed by atoms with E-state index in [0.29, 0.717) is 12.2 Å². The molecule has 2 heterocycles. The van der Waals surface area contributed by atoms with Crippen LogP contribution in [0.5, 0.6) is 0 Å². The van der Waals surface area contributed by atoms with Crippen LogP contribution in [0.15, 0.2) is 29.4 Å². The van der Waals surface area contributed by atoms with Gasteiger partial charge in [-0.1, -0.05) is 0 Å². The molecule has 3 rings (SSSR count). The fraction of sp³-hybridized carbons (Fsp3) is 0.357. The standard InChI is InChI=1S/C14H16FN5O2S/c1-23(22)12-4-2-9(6-11(12)15)18-14(21)19-10-3-5-13-16-8-17-20(13)7-10/h2,4,6,8,10H,3,5,7H2,1H3,(H2,18,19,21). The van der Waals surface area contributed by atoms with Crippen molar-refractivity contribution in [3.63, 3.8) is 0 Å². The molecular formula is C14H16FN5O2S. The lowest BCUT2D eigenvalue weighted by molar-refractivity contribution is 0.243. The van der Waals surface area contributed by atoms with E-state index in [9.17, 15) is 13.4 Å². The maximum Gasteiger partial charge on any atom is 0.319 e. The Balaban J connectivity index is 1.60. The smallest absolute Gasteiger partial charge is 0.319 e.